The van der Waals surface area contributed by atoms with Crippen LogP contribution in [0.5, 0.6) is 0 Å². The van der Waals surface area contributed by atoms with Gasteiger partial charge in [-0.15, -0.1) is 24.0 Å². The van der Waals surface area contributed by atoms with Gasteiger partial charge in [0.25, 0.3) is 0 Å². The van der Waals surface area contributed by atoms with E-state index in [1.165, 1.54) is 0 Å². The van der Waals surface area contributed by atoms with E-state index in [2.05, 4.69) is 29.5 Å². The molecule has 0 bridgehead atoms. The van der Waals surface area contributed by atoms with Crippen LogP contribution in [-0.2, 0) is 11.2 Å². The minimum absolute atomic E-state index is 0. The first-order chi connectivity index (χ1) is 11.2. The van der Waals surface area contributed by atoms with E-state index in [1.807, 2.05) is 17.0 Å². The van der Waals surface area contributed by atoms with Crippen molar-refractivity contribution in [1.82, 2.24) is 15.5 Å². The number of carbonyl (C=O) groups excluding carboxylic acids is 1. The van der Waals surface area contributed by atoms with Crippen molar-refractivity contribution in [3.63, 3.8) is 0 Å². The summed E-state index contributed by atoms with van der Waals surface area (Å²) in [6.45, 7) is 6.88. The van der Waals surface area contributed by atoms with Crippen LogP contribution in [0.15, 0.2) is 27.8 Å². The Morgan fingerprint density at radius 2 is 2.17 bits per heavy atom. The fraction of sp³-hybridized carbons (Fsp3) is 0.647. The minimum atomic E-state index is 0. The van der Waals surface area contributed by atoms with Crippen LogP contribution in [0.4, 0.5) is 0 Å². The van der Waals surface area contributed by atoms with E-state index in [9.17, 15) is 4.79 Å². The average Bonchev–Trinajstić information content (AvgIpc) is 3.25. The number of nitrogens with zero attached hydrogens (tertiary/aromatic N) is 2. The minimum Gasteiger partial charge on any atom is -0.469 e. The first-order valence-corrected chi connectivity index (χ1v) is 8.54. The van der Waals surface area contributed by atoms with Crippen molar-refractivity contribution < 1.29 is 9.21 Å². The van der Waals surface area contributed by atoms with Gasteiger partial charge in [0.15, 0.2) is 5.96 Å². The number of hydrogen-bond donors (Lipinski definition) is 2. The van der Waals surface area contributed by atoms with Crippen molar-refractivity contribution in [2.45, 2.75) is 45.6 Å². The second kappa shape index (κ2) is 11.3. The third-order valence-electron chi connectivity index (χ3n) is 4.07. The molecule has 0 aliphatic carbocycles. The van der Waals surface area contributed by atoms with Crippen LogP contribution in [0, 0.1) is 0 Å². The molecule has 2 N–H and O–H groups in total. The van der Waals surface area contributed by atoms with Crippen LogP contribution in [-0.4, -0.2) is 49.0 Å². The van der Waals surface area contributed by atoms with E-state index < -0.39 is 0 Å². The number of hydrogen-bond acceptors (Lipinski definition) is 3. The van der Waals surface area contributed by atoms with Gasteiger partial charge in [0.1, 0.15) is 12.3 Å². The Balaban J connectivity index is 0.00000288. The second-order valence-electron chi connectivity index (χ2n) is 5.96. The Kier molecular flexibility index (Phi) is 9.82. The van der Waals surface area contributed by atoms with Gasteiger partial charge in [-0.3, -0.25) is 4.79 Å². The molecule has 1 aromatic heterocycles. The monoisotopic (exact) mass is 448 g/mol. The molecule has 6 nitrogen and oxygen atoms in total. The number of carbonyl (C=O) groups is 1. The Morgan fingerprint density at radius 3 is 2.79 bits per heavy atom. The summed E-state index contributed by atoms with van der Waals surface area (Å²) in [4.78, 5) is 18.5. The largest absolute Gasteiger partial charge is 0.469 e. The molecule has 1 unspecified atom stereocenters. The molecule has 2 rings (SSSR count). The smallest absolute Gasteiger partial charge is 0.244 e. The van der Waals surface area contributed by atoms with Crippen molar-refractivity contribution in [2.24, 2.45) is 4.99 Å². The fourth-order valence-corrected chi connectivity index (χ4v) is 2.46. The molecule has 1 saturated heterocycles. The molecule has 0 saturated carbocycles. The highest BCUT2D eigenvalue weighted by atomic mass is 127. The number of likely N-dealkylation sites (tertiary alicyclic amines) is 1. The lowest BCUT2D eigenvalue weighted by Crippen LogP contribution is -2.43. The molecule has 0 spiro atoms. The molecular weight excluding hydrogens is 419 g/mol. The maximum Gasteiger partial charge on any atom is 0.244 e. The predicted octanol–water partition coefficient (Wildman–Crippen LogP) is 2.40. The van der Waals surface area contributed by atoms with E-state index in [0.29, 0.717) is 18.5 Å². The lowest BCUT2D eigenvalue weighted by Gasteiger charge is -2.18. The Bertz CT molecular complexity index is 499. The van der Waals surface area contributed by atoms with E-state index in [0.717, 1.165) is 44.5 Å². The Morgan fingerprint density at radius 1 is 1.42 bits per heavy atom. The highest BCUT2D eigenvalue weighted by molar-refractivity contribution is 14.0. The highest BCUT2D eigenvalue weighted by Crippen LogP contribution is 2.07. The number of halogens is 1. The number of rotatable bonds is 7. The maximum atomic E-state index is 12.1. The summed E-state index contributed by atoms with van der Waals surface area (Å²) in [5.74, 6) is 1.74. The summed E-state index contributed by atoms with van der Waals surface area (Å²) in [5, 5.41) is 6.61. The Hall–Kier alpha value is -1.25. The summed E-state index contributed by atoms with van der Waals surface area (Å²) in [7, 11) is 0. The zero-order chi connectivity index (χ0) is 16.5. The van der Waals surface area contributed by atoms with Crippen molar-refractivity contribution in [2.75, 3.05) is 26.2 Å². The van der Waals surface area contributed by atoms with Crippen molar-refractivity contribution in [1.29, 1.82) is 0 Å². The summed E-state index contributed by atoms with van der Waals surface area (Å²) >= 11 is 0. The molecule has 0 aromatic carbocycles. The fourth-order valence-electron chi connectivity index (χ4n) is 2.46. The molecule has 1 amide bonds. The Labute approximate surface area is 161 Å². The SMILES string of the molecule is CCC(C)NC(=NCC(=O)N1CCCC1)NCCc1ccco1.I. The molecule has 1 aliphatic rings. The molecule has 24 heavy (non-hydrogen) atoms. The van der Waals surface area contributed by atoms with Gasteiger partial charge >= 0.3 is 0 Å². The van der Waals surface area contributed by atoms with E-state index in [1.54, 1.807) is 6.26 Å². The summed E-state index contributed by atoms with van der Waals surface area (Å²) < 4.78 is 5.32. The summed E-state index contributed by atoms with van der Waals surface area (Å²) in [6, 6.07) is 4.15. The molecular formula is C17H29IN4O2. The number of amides is 1. The van der Waals surface area contributed by atoms with Crippen LogP contribution >= 0.6 is 24.0 Å². The molecule has 1 atom stereocenters. The lowest BCUT2D eigenvalue weighted by atomic mass is 10.3. The van der Waals surface area contributed by atoms with E-state index in [-0.39, 0.29) is 36.4 Å². The first kappa shape index (κ1) is 20.8. The quantitative estimate of drug-likeness (QED) is 0.382. The topological polar surface area (TPSA) is 69.9 Å². The standard InChI is InChI=1S/C17H28N4O2.HI/c1-3-14(2)20-17(18-9-8-15-7-6-12-23-15)19-13-16(22)21-10-4-5-11-21;/h6-7,12,14H,3-5,8-11,13H2,1-2H3,(H2,18,19,20);1H. The van der Waals surface area contributed by atoms with Gasteiger partial charge in [0, 0.05) is 32.1 Å². The third-order valence-corrected chi connectivity index (χ3v) is 4.07. The normalized spacial score (nSPS) is 15.8. The van der Waals surface area contributed by atoms with Crippen LogP contribution in [0.25, 0.3) is 0 Å². The number of aliphatic imine (C=N–C) groups is 1. The number of guanidine groups is 1. The third kappa shape index (κ3) is 7.11. The molecule has 1 fully saturated rings. The van der Waals surface area contributed by atoms with E-state index >= 15 is 0 Å². The van der Waals surface area contributed by atoms with Crippen molar-refractivity contribution in [3.8, 4) is 0 Å². The van der Waals surface area contributed by atoms with Gasteiger partial charge in [-0.25, -0.2) is 4.99 Å². The molecule has 7 heteroatoms. The van der Waals surface area contributed by atoms with E-state index in [4.69, 9.17) is 4.42 Å². The highest BCUT2D eigenvalue weighted by Gasteiger charge is 2.17. The first-order valence-electron chi connectivity index (χ1n) is 8.54. The number of nitrogens with one attached hydrogen (secondary N) is 2. The van der Waals surface area contributed by atoms with Gasteiger partial charge in [0.2, 0.25) is 5.91 Å². The van der Waals surface area contributed by atoms with Gasteiger partial charge in [-0.1, -0.05) is 6.92 Å². The molecule has 0 radical (unpaired) electrons. The van der Waals surface area contributed by atoms with Crippen molar-refractivity contribution in [3.05, 3.63) is 24.2 Å². The molecule has 1 aromatic rings. The van der Waals surface area contributed by atoms with Gasteiger partial charge in [0.05, 0.1) is 6.26 Å². The summed E-state index contributed by atoms with van der Waals surface area (Å²) in [5.41, 5.74) is 0. The van der Waals surface area contributed by atoms with Crippen LogP contribution in [0.3, 0.4) is 0 Å². The van der Waals surface area contributed by atoms with Gasteiger partial charge < -0.3 is 20.0 Å². The van der Waals surface area contributed by atoms with Gasteiger partial charge in [-0.2, -0.15) is 0 Å². The predicted molar refractivity (Wildman–Crippen MR) is 107 cm³/mol. The zero-order valence-corrected chi connectivity index (χ0v) is 16.9. The van der Waals surface area contributed by atoms with Crippen molar-refractivity contribution >= 4 is 35.8 Å². The lowest BCUT2D eigenvalue weighted by molar-refractivity contribution is -0.128. The molecule has 2 heterocycles. The number of furan rings is 1. The maximum absolute atomic E-state index is 12.1. The molecule has 136 valence electrons. The van der Waals surface area contributed by atoms with Gasteiger partial charge in [-0.05, 0) is 38.3 Å². The van der Waals surface area contributed by atoms with Crippen LogP contribution < -0.4 is 10.6 Å². The van der Waals surface area contributed by atoms with Crippen LogP contribution in [0.1, 0.15) is 38.9 Å². The average molecular weight is 448 g/mol. The molecule has 1 aliphatic heterocycles. The summed E-state index contributed by atoms with van der Waals surface area (Å²) in [6.07, 6.45) is 5.67. The second-order valence-corrected chi connectivity index (χ2v) is 5.96. The van der Waals surface area contributed by atoms with Crippen LogP contribution in [0.2, 0.25) is 0 Å². The zero-order valence-electron chi connectivity index (χ0n) is 14.6.